The van der Waals surface area contributed by atoms with Gasteiger partial charge in [0.05, 0.1) is 10.9 Å². The number of carbonyl (C=O) groups excluding carboxylic acids is 2. The fourth-order valence-electron chi connectivity index (χ4n) is 2.76. The monoisotopic (exact) mass is 393 g/mol. The third kappa shape index (κ3) is 5.10. The smallest absolute Gasteiger partial charge is 0.237 e. The van der Waals surface area contributed by atoms with Gasteiger partial charge in [0.25, 0.3) is 0 Å². The second-order valence-electron chi connectivity index (χ2n) is 6.66. The number of nitrogens with one attached hydrogen (secondary N) is 2. The van der Waals surface area contributed by atoms with Gasteiger partial charge in [0.15, 0.2) is 10.9 Å². The SMILES string of the molecule is CC(=O)c1cccc(NC(=O)[C@@H](C)Sc2nc(Cc3ccccc3)c(C)[nH]2)c1. The molecule has 3 rings (SSSR count). The van der Waals surface area contributed by atoms with Crippen molar-refractivity contribution < 1.29 is 9.59 Å². The number of thioether (sulfide) groups is 1. The van der Waals surface area contributed by atoms with E-state index in [1.807, 2.05) is 32.0 Å². The first-order valence-electron chi connectivity index (χ1n) is 9.10. The van der Waals surface area contributed by atoms with Crippen LogP contribution in [0.2, 0.25) is 0 Å². The van der Waals surface area contributed by atoms with Crippen molar-refractivity contribution >= 4 is 29.1 Å². The van der Waals surface area contributed by atoms with Crippen LogP contribution in [0.4, 0.5) is 5.69 Å². The van der Waals surface area contributed by atoms with E-state index in [1.165, 1.54) is 24.2 Å². The molecule has 0 aliphatic carbocycles. The molecule has 0 unspecified atom stereocenters. The number of carbonyl (C=O) groups is 2. The molecule has 0 radical (unpaired) electrons. The summed E-state index contributed by atoms with van der Waals surface area (Å²) in [5.74, 6) is -0.167. The summed E-state index contributed by atoms with van der Waals surface area (Å²) in [6.45, 7) is 5.34. The molecule has 6 heteroatoms. The van der Waals surface area contributed by atoms with Gasteiger partial charge in [-0.25, -0.2) is 4.98 Å². The molecule has 0 saturated heterocycles. The van der Waals surface area contributed by atoms with Crippen LogP contribution < -0.4 is 5.32 Å². The van der Waals surface area contributed by atoms with Crippen molar-refractivity contribution in [3.63, 3.8) is 0 Å². The minimum absolute atomic E-state index is 0.0319. The maximum Gasteiger partial charge on any atom is 0.237 e. The first-order chi connectivity index (χ1) is 13.4. The van der Waals surface area contributed by atoms with Gasteiger partial charge in [-0.05, 0) is 38.5 Å². The van der Waals surface area contributed by atoms with Crippen LogP contribution in [-0.2, 0) is 11.2 Å². The average Bonchev–Trinajstić information content (AvgIpc) is 3.01. The number of anilines is 1. The molecule has 0 bridgehead atoms. The van der Waals surface area contributed by atoms with Crippen molar-refractivity contribution in [1.82, 2.24) is 9.97 Å². The molecule has 1 aromatic heterocycles. The van der Waals surface area contributed by atoms with Crippen LogP contribution in [0.5, 0.6) is 0 Å². The van der Waals surface area contributed by atoms with E-state index in [4.69, 9.17) is 0 Å². The lowest BCUT2D eigenvalue weighted by molar-refractivity contribution is -0.115. The number of Topliss-reactive ketones (excluding diaryl/α,β-unsaturated/α-hetero) is 1. The number of ketones is 1. The van der Waals surface area contributed by atoms with E-state index in [9.17, 15) is 9.59 Å². The molecule has 144 valence electrons. The highest BCUT2D eigenvalue weighted by molar-refractivity contribution is 8.00. The van der Waals surface area contributed by atoms with Crippen LogP contribution in [0.1, 0.15) is 41.2 Å². The topological polar surface area (TPSA) is 74.8 Å². The van der Waals surface area contributed by atoms with Crippen molar-refractivity contribution in [2.24, 2.45) is 0 Å². The number of hydrogen-bond donors (Lipinski definition) is 2. The molecule has 28 heavy (non-hydrogen) atoms. The number of H-pyrrole nitrogens is 1. The minimum atomic E-state index is -0.337. The summed E-state index contributed by atoms with van der Waals surface area (Å²) in [5, 5.41) is 3.25. The number of aromatic nitrogens is 2. The van der Waals surface area contributed by atoms with Gasteiger partial charge in [0.1, 0.15) is 0 Å². The quantitative estimate of drug-likeness (QED) is 0.453. The van der Waals surface area contributed by atoms with E-state index in [0.717, 1.165) is 23.0 Å². The molecule has 0 saturated carbocycles. The molecule has 0 fully saturated rings. The van der Waals surface area contributed by atoms with Crippen LogP contribution in [0, 0.1) is 6.92 Å². The van der Waals surface area contributed by atoms with E-state index in [-0.39, 0.29) is 16.9 Å². The van der Waals surface area contributed by atoms with Gasteiger partial charge in [-0.2, -0.15) is 0 Å². The van der Waals surface area contributed by atoms with E-state index in [2.05, 4.69) is 27.4 Å². The molecule has 0 spiro atoms. The Morgan fingerprint density at radius 1 is 1.14 bits per heavy atom. The van der Waals surface area contributed by atoms with Gasteiger partial charge in [-0.15, -0.1) is 0 Å². The first kappa shape index (κ1) is 19.9. The Balaban J connectivity index is 1.63. The Bertz CT molecular complexity index is 982. The largest absolute Gasteiger partial charge is 0.337 e. The molecule has 1 atom stereocenters. The molecule has 0 aliphatic rings. The van der Waals surface area contributed by atoms with E-state index < -0.39 is 0 Å². The number of nitrogens with zero attached hydrogens (tertiary/aromatic N) is 1. The zero-order chi connectivity index (χ0) is 20.1. The van der Waals surface area contributed by atoms with Gasteiger partial charge < -0.3 is 10.3 Å². The number of imidazole rings is 1. The lowest BCUT2D eigenvalue weighted by Gasteiger charge is -2.11. The molecule has 0 aliphatic heterocycles. The third-order valence-electron chi connectivity index (χ3n) is 4.37. The van der Waals surface area contributed by atoms with Gasteiger partial charge in [0, 0.05) is 23.4 Å². The maximum absolute atomic E-state index is 12.5. The molecular weight excluding hydrogens is 370 g/mol. The average molecular weight is 394 g/mol. The standard InChI is InChI=1S/C22H23N3O2S/c1-14-20(12-17-8-5-4-6-9-17)25-22(23-14)28-16(3)21(27)24-19-11-7-10-18(13-19)15(2)26/h4-11,13,16H,12H2,1-3H3,(H,23,25)(H,24,27)/t16-/m1/s1. The Morgan fingerprint density at radius 3 is 2.61 bits per heavy atom. The molecule has 2 aromatic carbocycles. The number of hydrogen-bond acceptors (Lipinski definition) is 4. The van der Waals surface area contributed by atoms with Gasteiger partial charge in [0.2, 0.25) is 5.91 Å². The first-order valence-corrected chi connectivity index (χ1v) is 9.98. The van der Waals surface area contributed by atoms with Gasteiger partial charge in [-0.3, -0.25) is 9.59 Å². The number of amides is 1. The van der Waals surface area contributed by atoms with Crippen molar-refractivity contribution in [2.75, 3.05) is 5.32 Å². The second kappa shape index (κ2) is 8.89. The predicted molar refractivity (Wildman–Crippen MR) is 113 cm³/mol. The van der Waals surface area contributed by atoms with Crippen molar-refractivity contribution in [3.8, 4) is 0 Å². The summed E-state index contributed by atoms with van der Waals surface area (Å²) in [4.78, 5) is 31.9. The number of rotatable bonds is 7. The summed E-state index contributed by atoms with van der Waals surface area (Å²) < 4.78 is 0. The van der Waals surface area contributed by atoms with Gasteiger partial charge >= 0.3 is 0 Å². The predicted octanol–water partition coefficient (Wildman–Crippen LogP) is 4.63. The van der Waals surface area contributed by atoms with E-state index in [0.29, 0.717) is 11.3 Å². The minimum Gasteiger partial charge on any atom is -0.337 e. The van der Waals surface area contributed by atoms with Crippen LogP contribution in [0.3, 0.4) is 0 Å². The normalized spacial score (nSPS) is 11.8. The highest BCUT2D eigenvalue weighted by Crippen LogP contribution is 2.24. The van der Waals surface area contributed by atoms with Crippen LogP contribution >= 0.6 is 11.8 Å². The highest BCUT2D eigenvalue weighted by Gasteiger charge is 2.18. The molecule has 1 amide bonds. The molecule has 3 aromatic rings. The zero-order valence-electron chi connectivity index (χ0n) is 16.2. The van der Waals surface area contributed by atoms with Crippen LogP contribution in [-0.4, -0.2) is 26.9 Å². The summed E-state index contributed by atoms with van der Waals surface area (Å²) in [6.07, 6.45) is 0.752. The molecule has 2 N–H and O–H groups in total. The highest BCUT2D eigenvalue weighted by atomic mass is 32.2. The molecule has 5 nitrogen and oxygen atoms in total. The third-order valence-corrected chi connectivity index (χ3v) is 5.36. The summed E-state index contributed by atoms with van der Waals surface area (Å²) in [7, 11) is 0. The van der Waals surface area contributed by atoms with Crippen molar-refractivity contribution in [1.29, 1.82) is 0 Å². The number of benzene rings is 2. The van der Waals surface area contributed by atoms with Gasteiger partial charge in [-0.1, -0.05) is 54.2 Å². The Morgan fingerprint density at radius 2 is 1.89 bits per heavy atom. The Kier molecular flexibility index (Phi) is 6.31. The number of aromatic amines is 1. The zero-order valence-corrected chi connectivity index (χ0v) is 17.0. The van der Waals surface area contributed by atoms with Crippen molar-refractivity contribution in [3.05, 3.63) is 77.1 Å². The van der Waals surface area contributed by atoms with E-state index >= 15 is 0 Å². The maximum atomic E-state index is 12.5. The lowest BCUT2D eigenvalue weighted by atomic mass is 10.1. The fraction of sp³-hybridized carbons (Fsp3) is 0.227. The Hall–Kier alpha value is -2.86. The Labute approximate surface area is 169 Å². The summed E-state index contributed by atoms with van der Waals surface area (Å²) >= 11 is 1.38. The molecular formula is C22H23N3O2S. The van der Waals surface area contributed by atoms with Crippen LogP contribution in [0.15, 0.2) is 59.8 Å². The fourth-order valence-corrected chi connectivity index (χ4v) is 3.64. The lowest BCUT2D eigenvalue weighted by Crippen LogP contribution is -2.22. The van der Waals surface area contributed by atoms with Crippen molar-refractivity contribution in [2.45, 2.75) is 37.6 Å². The van der Waals surface area contributed by atoms with Crippen LogP contribution in [0.25, 0.3) is 0 Å². The number of aryl methyl sites for hydroxylation is 1. The second-order valence-corrected chi connectivity index (χ2v) is 7.99. The van der Waals surface area contributed by atoms with E-state index in [1.54, 1.807) is 24.3 Å². The summed E-state index contributed by atoms with van der Waals surface area (Å²) in [6, 6.07) is 17.1. The molecule has 1 heterocycles. The summed E-state index contributed by atoms with van der Waals surface area (Å²) in [5.41, 5.74) is 4.38.